The predicted molar refractivity (Wildman–Crippen MR) is 118 cm³/mol. The second-order valence-corrected chi connectivity index (χ2v) is 9.99. The van der Waals surface area contributed by atoms with Gasteiger partial charge in [0, 0.05) is 29.6 Å². The third kappa shape index (κ3) is 4.30. The van der Waals surface area contributed by atoms with Crippen LogP contribution in [0, 0.1) is 5.41 Å². The van der Waals surface area contributed by atoms with Crippen LogP contribution in [0.25, 0.3) is 10.2 Å². The van der Waals surface area contributed by atoms with Crippen LogP contribution in [0.5, 0.6) is 0 Å². The molecule has 9 heteroatoms. The molecule has 1 amide bonds. The summed E-state index contributed by atoms with van der Waals surface area (Å²) in [5.74, 6) is 0.670. The first-order chi connectivity index (χ1) is 15.3. The van der Waals surface area contributed by atoms with Crippen molar-refractivity contribution in [2.45, 2.75) is 44.3 Å². The van der Waals surface area contributed by atoms with E-state index in [2.05, 4.69) is 20.2 Å². The molecule has 2 aromatic heterocycles. The highest BCUT2D eigenvalue weighted by Gasteiger charge is 2.45. The van der Waals surface area contributed by atoms with E-state index in [9.17, 15) is 18.0 Å². The van der Waals surface area contributed by atoms with Gasteiger partial charge in [-0.05, 0) is 49.3 Å². The first-order valence-corrected chi connectivity index (χ1v) is 11.5. The molecule has 0 radical (unpaired) electrons. The van der Waals surface area contributed by atoms with Gasteiger partial charge in [0.15, 0.2) is 0 Å². The molecule has 1 N–H and O–H groups in total. The number of alkyl halides is 3. The fraction of sp³-hybridized carbons (Fsp3) is 0.435. The Bertz CT molecular complexity index is 1130. The molecule has 3 aromatic rings. The van der Waals surface area contributed by atoms with E-state index in [1.54, 1.807) is 6.07 Å². The molecule has 32 heavy (non-hydrogen) atoms. The fourth-order valence-electron chi connectivity index (χ4n) is 5.10. The molecule has 2 unspecified atom stereocenters. The maximum atomic E-state index is 12.8. The van der Waals surface area contributed by atoms with Crippen molar-refractivity contribution in [1.82, 2.24) is 15.3 Å². The summed E-state index contributed by atoms with van der Waals surface area (Å²) < 4.78 is 38.5. The molecule has 1 aromatic carbocycles. The second-order valence-electron chi connectivity index (χ2n) is 8.87. The molecule has 1 saturated carbocycles. The number of hydrogen-bond donors (Lipinski definition) is 1. The summed E-state index contributed by atoms with van der Waals surface area (Å²) >= 11 is 1.08. The van der Waals surface area contributed by atoms with Gasteiger partial charge in [0.2, 0.25) is 0 Å². The average molecular weight is 461 g/mol. The van der Waals surface area contributed by atoms with Crippen LogP contribution in [0.3, 0.4) is 0 Å². The third-order valence-corrected chi connectivity index (χ3v) is 7.59. The van der Waals surface area contributed by atoms with Gasteiger partial charge in [0.05, 0.1) is 11.8 Å². The number of rotatable bonds is 4. The number of anilines is 1. The lowest BCUT2D eigenvalue weighted by molar-refractivity contribution is -0.126. The van der Waals surface area contributed by atoms with Gasteiger partial charge in [0.25, 0.3) is 5.91 Å². The van der Waals surface area contributed by atoms with Crippen molar-refractivity contribution in [3.8, 4) is 0 Å². The lowest BCUT2D eigenvalue weighted by atomic mass is 9.85. The number of thiophene rings is 1. The number of benzene rings is 1. The molecule has 1 aliphatic heterocycles. The minimum Gasteiger partial charge on any atom is -0.355 e. The number of amides is 1. The summed E-state index contributed by atoms with van der Waals surface area (Å²) in [6, 6.07) is 10.9. The van der Waals surface area contributed by atoms with Crippen molar-refractivity contribution in [3.05, 3.63) is 53.2 Å². The highest BCUT2D eigenvalue weighted by Crippen LogP contribution is 2.47. The Morgan fingerprint density at radius 1 is 1.22 bits per heavy atom. The molecule has 2 aliphatic rings. The highest BCUT2D eigenvalue weighted by molar-refractivity contribution is 7.18. The average Bonchev–Trinajstić information content (AvgIpc) is 3.46. The van der Waals surface area contributed by atoms with E-state index in [4.69, 9.17) is 0 Å². The summed E-state index contributed by atoms with van der Waals surface area (Å²) in [6.07, 6.45) is 0.0820. The van der Waals surface area contributed by atoms with Crippen molar-refractivity contribution < 1.29 is 18.0 Å². The maximum absolute atomic E-state index is 12.8. The van der Waals surface area contributed by atoms with Gasteiger partial charge in [-0.3, -0.25) is 4.79 Å². The summed E-state index contributed by atoms with van der Waals surface area (Å²) in [7, 11) is 0. The lowest BCUT2D eigenvalue weighted by Gasteiger charge is -2.25. The number of halogens is 3. The van der Waals surface area contributed by atoms with Gasteiger partial charge < -0.3 is 10.2 Å². The van der Waals surface area contributed by atoms with Gasteiger partial charge in [-0.25, -0.2) is 9.97 Å². The number of aromatic nitrogens is 2. The number of carbonyl (C=O) groups excluding carboxylic acids is 1. The number of nitrogens with one attached hydrogen (secondary N) is 1. The van der Waals surface area contributed by atoms with Crippen LogP contribution in [0.4, 0.5) is 19.0 Å². The summed E-state index contributed by atoms with van der Waals surface area (Å²) in [5, 5.41) is 3.86. The van der Waals surface area contributed by atoms with Gasteiger partial charge in [-0.15, -0.1) is 11.3 Å². The molecule has 1 spiro atoms. The molecule has 3 heterocycles. The van der Waals surface area contributed by atoms with Crippen LogP contribution in [0.1, 0.15) is 40.9 Å². The van der Waals surface area contributed by atoms with E-state index < -0.39 is 12.6 Å². The Morgan fingerprint density at radius 2 is 2.03 bits per heavy atom. The van der Waals surface area contributed by atoms with Gasteiger partial charge in [-0.1, -0.05) is 18.2 Å². The summed E-state index contributed by atoms with van der Waals surface area (Å²) in [5.41, 5.74) is 0.758. The van der Waals surface area contributed by atoms with E-state index in [-0.39, 0.29) is 22.2 Å². The SMILES string of the molecule is O=C(NC1CCC2(CCN(c3ncnc4sc(CC(F)(F)F)cc34)C2)C1)c1ccccc1. The largest absolute Gasteiger partial charge is 0.393 e. The van der Waals surface area contributed by atoms with Crippen molar-refractivity contribution in [1.29, 1.82) is 0 Å². The zero-order valence-corrected chi connectivity index (χ0v) is 18.2. The van der Waals surface area contributed by atoms with Crippen LogP contribution in [0.15, 0.2) is 42.7 Å². The summed E-state index contributed by atoms with van der Waals surface area (Å²) in [6.45, 7) is 1.59. The Kier molecular flexibility index (Phi) is 5.31. The zero-order valence-electron chi connectivity index (χ0n) is 17.4. The monoisotopic (exact) mass is 460 g/mol. The van der Waals surface area contributed by atoms with E-state index in [0.717, 1.165) is 50.1 Å². The number of carbonyl (C=O) groups is 1. The third-order valence-electron chi connectivity index (χ3n) is 6.55. The quantitative estimate of drug-likeness (QED) is 0.597. The van der Waals surface area contributed by atoms with Crippen LogP contribution >= 0.6 is 11.3 Å². The number of nitrogens with zero attached hydrogens (tertiary/aromatic N) is 3. The topological polar surface area (TPSA) is 58.1 Å². The van der Waals surface area contributed by atoms with E-state index in [1.165, 1.54) is 6.33 Å². The second kappa shape index (κ2) is 8.03. The standard InChI is InChI=1S/C23H23F3N4OS/c24-23(25,26)12-17-10-18-19(27-14-28-21(18)32-17)30-9-8-22(13-30)7-6-16(11-22)29-20(31)15-4-2-1-3-5-15/h1-5,10,14,16H,6-9,11-13H2,(H,29,31). The molecular formula is C23H23F3N4OS. The summed E-state index contributed by atoms with van der Waals surface area (Å²) in [4.78, 5) is 24.2. The Hall–Kier alpha value is -2.68. The van der Waals surface area contributed by atoms with Crippen LogP contribution in [-0.2, 0) is 6.42 Å². The predicted octanol–water partition coefficient (Wildman–Crippen LogP) is 4.98. The molecule has 5 nitrogen and oxygen atoms in total. The minimum absolute atomic E-state index is 0.0459. The normalized spacial score (nSPS) is 23.3. The van der Waals surface area contributed by atoms with Gasteiger partial charge in [0.1, 0.15) is 17.0 Å². The first-order valence-electron chi connectivity index (χ1n) is 10.7. The molecule has 5 rings (SSSR count). The van der Waals surface area contributed by atoms with Crippen LogP contribution < -0.4 is 10.2 Å². The maximum Gasteiger partial charge on any atom is 0.393 e. The molecule has 2 atom stereocenters. The van der Waals surface area contributed by atoms with Gasteiger partial charge in [-0.2, -0.15) is 13.2 Å². The fourth-order valence-corrected chi connectivity index (χ4v) is 6.13. The molecule has 168 valence electrons. The van der Waals surface area contributed by atoms with E-state index in [0.29, 0.717) is 21.6 Å². The Balaban J connectivity index is 1.28. The van der Waals surface area contributed by atoms with Crippen molar-refractivity contribution >= 4 is 33.3 Å². The molecular weight excluding hydrogens is 437 g/mol. The lowest BCUT2D eigenvalue weighted by Crippen LogP contribution is -2.34. The zero-order chi connectivity index (χ0) is 22.3. The highest BCUT2D eigenvalue weighted by atomic mass is 32.1. The first kappa shape index (κ1) is 21.2. The van der Waals surface area contributed by atoms with Crippen molar-refractivity contribution in [2.75, 3.05) is 18.0 Å². The molecule has 0 bridgehead atoms. The molecule has 1 aliphatic carbocycles. The van der Waals surface area contributed by atoms with E-state index in [1.807, 2.05) is 30.3 Å². The Labute approximate surface area is 187 Å². The van der Waals surface area contributed by atoms with Gasteiger partial charge >= 0.3 is 6.18 Å². The molecule has 1 saturated heterocycles. The van der Waals surface area contributed by atoms with Crippen LogP contribution in [0.2, 0.25) is 0 Å². The molecule has 2 fully saturated rings. The van der Waals surface area contributed by atoms with Crippen molar-refractivity contribution in [3.63, 3.8) is 0 Å². The number of fused-ring (bicyclic) bond motifs is 1. The van der Waals surface area contributed by atoms with E-state index >= 15 is 0 Å². The van der Waals surface area contributed by atoms with Crippen molar-refractivity contribution in [2.24, 2.45) is 5.41 Å². The van der Waals surface area contributed by atoms with Crippen LogP contribution in [-0.4, -0.2) is 41.2 Å². The Morgan fingerprint density at radius 3 is 2.81 bits per heavy atom. The smallest absolute Gasteiger partial charge is 0.355 e. The minimum atomic E-state index is -4.24. The number of hydrogen-bond acceptors (Lipinski definition) is 5.